The third-order valence-corrected chi connectivity index (χ3v) is 5.02. The number of furan rings is 1. The Kier molecular flexibility index (Phi) is 4.87. The van der Waals surface area contributed by atoms with Gasteiger partial charge in [-0.2, -0.15) is 0 Å². The Morgan fingerprint density at radius 2 is 1.91 bits per heavy atom. The highest BCUT2D eigenvalue weighted by Crippen LogP contribution is 2.26. The number of ether oxygens (including phenoxy) is 1. The number of carboxylic acid groups (broad SMARTS) is 1. The molecule has 2 N–H and O–H groups in total. The van der Waals surface area contributed by atoms with Gasteiger partial charge in [0.1, 0.15) is 0 Å². The largest absolute Gasteiger partial charge is 0.481 e. The van der Waals surface area contributed by atoms with Crippen molar-refractivity contribution in [1.82, 2.24) is 4.72 Å². The summed E-state index contributed by atoms with van der Waals surface area (Å²) in [6.45, 7) is 0. The monoisotopic (exact) mass is 331 g/mol. The number of aliphatic carboxylic acids is 1. The first kappa shape index (κ1) is 16.5. The van der Waals surface area contributed by atoms with Gasteiger partial charge in [-0.15, -0.1) is 0 Å². The predicted octanol–water partition coefficient (Wildman–Crippen LogP) is 0.988. The normalized spacial score (nSPS) is 22.2. The van der Waals surface area contributed by atoms with E-state index in [1.165, 1.54) is 12.1 Å². The second-order valence-electron chi connectivity index (χ2n) is 5.12. The van der Waals surface area contributed by atoms with Gasteiger partial charge in [-0.25, -0.2) is 17.9 Å². The summed E-state index contributed by atoms with van der Waals surface area (Å²) < 4.78 is 36.2. The van der Waals surface area contributed by atoms with E-state index in [1.807, 2.05) is 0 Å². The average molecular weight is 331 g/mol. The number of nitrogens with one attached hydrogen (secondary N) is 1. The molecule has 0 spiro atoms. The molecule has 1 aliphatic carbocycles. The van der Waals surface area contributed by atoms with Crippen molar-refractivity contribution in [2.24, 2.45) is 5.92 Å². The zero-order chi connectivity index (χ0) is 16.3. The Bertz CT molecular complexity index is 656. The van der Waals surface area contributed by atoms with Gasteiger partial charge in [0.25, 0.3) is 10.0 Å². The molecule has 0 unspecified atom stereocenters. The maximum atomic E-state index is 12.2. The molecule has 0 saturated heterocycles. The van der Waals surface area contributed by atoms with Crippen LogP contribution in [0, 0.1) is 5.92 Å². The molecule has 0 amide bonds. The van der Waals surface area contributed by atoms with Crippen LogP contribution in [0.1, 0.15) is 36.2 Å². The summed E-state index contributed by atoms with van der Waals surface area (Å²) in [5.41, 5.74) is 0. The van der Waals surface area contributed by atoms with E-state index in [-0.39, 0.29) is 16.9 Å². The molecule has 0 radical (unpaired) electrons. The number of carboxylic acids is 1. The number of hydrogen-bond donors (Lipinski definition) is 2. The van der Waals surface area contributed by atoms with Crippen LogP contribution in [0.3, 0.4) is 0 Å². The molecule has 0 bridgehead atoms. The Morgan fingerprint density at radius 1 is 1.27 bits per heavy atom. The molecule has 2 rings (SSSR count). The number of carbonyl (C=O) groups is 2. The van der Waals surface area contributed by atoms with Crippen LogP contribution >= 0.6 is 0 Å². The lowest BCUT2D eigenvalue weighted by atomic mass is 9.87. The summed E-state index contributed by atoms with van der Waals surface area (Å²) in [6.07, 6.45) is 1.74. The number of esters is 1. The van der Waals surface area contributed by atoms with E-state index in [2.05, 4.69) is 9.46 Å². The molecule has 1 heterocycles. The fourth-order valence-corrected chi connectivity index (χ4v) is 3.65. The first-order chi connectivity index (χ1) is 10.3. The van der Waals surface area contributed by atoms with Crippen LogP contribution in [-0.4, -0.2) is 38.6 Å². The summed E-state index contributed by atoms with van der Waals surface area (Å²) in [5, 5.41) is 8.55. The molecule has 122 valence electrons. The molecule has 1 aromatic rings. The SMILES string of the molecule is COC(=O)c1ccc(S(=O)(=O)NC2CCC(C(=O)O)CC2)o1. The first-order valence-corrected chi connectivity index (χ1v) is 8.25. The van der Waals surface area contributed by atoms with Crippen molar-refractivity contribution in [3.8, 4) is 0 Å². The van der Waals surface area contributed by atoms with Crippen LogP contribution in [0.5, 0.6) is 0 Å². The van der Waals surface area contributed by atoms with Gasteiger partial charge in [0.2, 0.25) is 10.9 Å². The van der Waals surface area contributed by atoms with Crippen molar-refractivity contribution >= 4 is 22.0 Å². The second-order valence-corrected chi connectivity index (χ2v) is 6.76. The molecule has 0 aromatic carbocycles. The van der Waals surface area contributed by atoms with Crippen molar-refractivity contribution in [1.29, 1.82) is 0 Å². The van der Waals surface area contributed by atoms with Gasteiger partial charge < -0.3 is 14.3 Å². The molecule has 1 fully saturated rings. The molecule has 9 heteroatoms. The molecule has 8 nitrogen and oxygen atoms in total. The van der Waals surface area contributed by atoms with E-state index in [0.29, 0.717) is 25.7 Å². The lowest BCUT2D eigenvalue weighted by Gasteiger charge is -2.26. The Balaban J connectivity index is 2.01. The molecule has 1 aromatic heterocycles. The van der Waals surface area contributed by atoms with E-state index < -0.39 is 27.9 Å². The van der Waals surface area contributed by atoms with Gasteiger partial charge >= 0.3 is 11.9 Å². The minimum Gasteiger partial charge on any atom is -0.481 e. The van der Waals surface area contributed by atoms with Gasteiger partial charge in [0, 0.05) is 6.04 Å². The van der Waals surface area contributed by atoms with Crippen LogP contribution in [-0.2, 0) is 19.6 Å². The number of hydrogen-bond acceptors (Lipinski definition) is 6. The standard InChI is InChI=1S/C13H17NO7S/c1-20-13(17)10-6-7-11(21-10)22(18,19)14-9-4-2-8(3-5-9)12(15)16/h6-9,14H,2-5H2,1H3,(H,15,16). The molecule has 22 heavy (non-hydrogen) atoms. The van der Waals surface area contributed by atoms with Gasteiger partial charge in [0.05, 0.1) is 13.0 Å². The summed E-state index contributed by atoms with van der Waals surface area (Å²) >= 11 is 0. The minimum absolute atomic E-state index is 0.197. The Hall–Kier alpha value is -1.87. The van der Waals surface area contributed by atoms with Gasteiger partial charge in [-0.1, -0.05) is 0 Å². The third kappa shape index (κ3) is 3.66. The van der Waals surface area contributed by atoms with Crippen LogP contribution in [0.4, 0.5) is 0 Å². The highest BCUT2D eigenvalue weighted by Gasteiger charge is 2.30. The van der Waals surface area contributed by atoms with Gasteiger partial charge in [0.15, 0.2) is 0 Å². The Labute approximate surface area is 127 Å². The summed E-state index contributed by atoms with van der Waals surface area (Å²) in [4.78, 5) is 22.1. The average Bonchev–Trinajstić information content (AvgIpc) is 2.97. The predicted molar refractivity (Wildman–Crippen MR) is 73.8 cm³/mol. The zero-order valence-electron chi connectivity index (χ0n) is 11.9. The van der Waals surface area contributed by atoms with Crippen molar-refractivity contribution in [2.45, 2.75) is 36.8 Å². The second kappa shape index (κ2) is 6.49. The van der Waals surface area contributed by atoms with Crippen molar-refractivity contribution in [3.63, 3.8) is 0 Å². The zero-order valence-corrected chi connectivity index (χ0v) is 12.8. The third-order valence-electron chi connectivity index (χ3n) is 3.63. The van der Waals surface area contributed by atoms with Gasteiger partial charge in [-0.3, -0.25) is 4.79 Å². The first-order valence-electron chi connectivity index (χ1n) is 6.77. The number of carbonyl (C=O) groups excluding carboxylic acids is 1. The molecular formula is C13H17NO7S. The lowest BCUT2D eigenvalue weighted by Crippen LogP contribution is -2.38. The van der Waals surface area contributed by atoms with E-state index in [9.17, 15) is 18.0 Å². The maximum absolute atomic E-state index is 12.2. The number of methoxy groups -OCH3 is 1. The molecule has 0 aliphatic heterocycles. The molecule has 0 atom stereocenters. The van der Waals surface area contributed by atoms with Crippen molar-refractivity contribution < 1.29 is 32.3 Å². The van der Waals surface area contributed by atoms with Crippen molar-refractivity contribution in [3.05, 3.63) is 17.9 Å². The van der Waals surface area contributed by atoms with E-state index in [0.717, 1.165) is 7.11 Å². The molecule has 1 aliphatic rings. The van der Waals surface area contributed by atoms with Crippen LogP contribution in [0.25, 0.3) is 0 Å². The lowest BCUT2D eigenvalue weighted by molar-refractivity contribution is -0.142. The van der Waals surface area contributed by atoms with Gasteiger partial charge in [-0.05, 0) is 37.8 Å². The smallest absolute Gasteiger partial charge is 0.374 e. The Morgan fingerprint density at radius 3 is 2.45 bits per heavy atom. The number of sulfonamides is 1. The van der Waals surface area contributed by atoms with Crippen molar-refractivity contribution in [2.75, 3.05) is 7.11 Å². The number of rotatable bonds is 5. The summed E-state index contributed by atoms with van der Waals surface area (Å²) in [6, 6.07) is 2.06. The van der Waals surface area contributed by atoms with Crippen LogP contribution in [0.2, 0.25) is 0 Å². The van der Waals surface area contributed by atoms with Crippen LogP contribution < -0.4 is 4.72 Å². The molecule has 1 saturated carbocycles. The van der Waals surface area contributed by atoms with Crippen LogP contribution in [0.15, 0.2) is 21.6 Å². The highest BCUT2D eigenvalue weighted by atomic mass is 32.2. The molecular weight excluding hydrogens is 314 g/mol. The summed E-state index contributed by atoms with van der Waals surface area (Å²) in [7, 11) is -2.73. The maximum Gasteiger partial charge on any atom is 0.374 e. The summed E-state index contributed by atoms with van der Waals surface area (Å²) in [5.74, 6) is -2.23. The minimum atomic E-state index is -3.89. The fourth-order valence-electron chi connectivity index (χ4n) is 2.41. The highest BCUT2D eigenvalue weighted by molar-refractivity contribution is 7.89. The fraction of sp³-hybridized carbons (Fsp3) is 0.538. The quantitative estimate of drug-likeness (QED) is 0.771. The van der Waals surface area contributed by atoms with E-state index >= 15 is 0 Å². The van der Waals surface area contributed by atoms with E-state index in [4.69, 9.17) is 9.52 Å². The van der Waals surface area contributed by atoms with E-state index in [1.54, 1.807) is 0 Å². The topological polar surface area (TPSA) is 123 Å².